The van der Waals surface area contributed by atoms with Crippen LogP contribution in [-0.4, -0.2) is 36.8 Å². The van der Waals surface area contributed by atoms with Crippen LogP contribution in [0.5, 0.6) is 0 Å². The van der Waals surface area contributed by atoms with Gasteiger partial charge in [-0.15, -0.1) is 12.4 Å². The monoisotopic (exact) mass is 312 g/mol. The number of hydrogen-bond donors (Lipinski definition) is 3. The van der Waals surface area contributed by atoms with Crippen molar-refractivity contribution in [2.75, 3.05) is 19.6 Å². The van der Waals surface area contributed by atoms with Gasteiger partial charge in [0, 0.05) is 25.6 Å². The number of hydrogen-bond acceptors (Lipinski definition) is 3. The van der Waals surface area contributed by atoms with Gasteiger partial charge in [-0.25, -0.2) is 0 Å². The maximum atomic E-state index is 12.5. The van der Waals surface area contributed by atoms with Crippen LogP contribution in [0.2, 0.25) is 0 Å². The summed E-state index contributed by atoms with van der Waals surface area (Å²) in [7, 11) is 0. The zero-order valence-electron chi connectivity index (χ0n) is 12.8. The number of halogens is 1. The van der Waals surface area contributed by atoms with Crippen molar-refractivity contribution in [1.29, 1.82) is 0 Å². The average Bonchev–Trinajstić information content (AvgIpc) is 2.81. The average molecular weight is 313 g/mol. The van der Waals surface area contributed by atoms with E-state index in [1.165, 1.54) is 0 Å². The number of nitrogens with one attached hydrogen (secondary N) is 2. The van der Waals surface area contributed by atoms with E-state index >= 15 is 0 Å². The van der Waals surface area contributed by atoms with Crippen LogP contribution in [0.4, 0.5) is 0 Å². The van der Waals surface area contributed by atoms with Gasteiger partial charge in [0.2, 0.25) is 5.91 Å². The molecule has 2 rings (SSSR count). The molecular weight excluding hydrogens is 288 g/mol. The van der Waals surface area contributed by atoms with Gasteiger partial charge in [0.15, 0.2) is 0 Å². The molecule has 1 aromatic carbocycles. The van der Waals surface area contributed by atoms with E-state index in [9.17, 15) is 9.90 Å². The van der Waals surface area contributed by atoms with Crippen molar-refractivity contribution in [3.63, 3.8) is 0 Å². The Hall–Kier alpha value is -1.10. The van der Waals surface area contributed by atoms with Gasteiger partial charge >= 0.3 is 0 Å². The molecule has 1 heterocycles. The number of aliphatic hydroxyl groups excluding tert-OH is 1. The first-order valence-electron chi connectivity index (χ1n) is 7.16. The number of amides is 1. The van der Waals surface area contributed by atoms with Gasteiger partial charge in [0.1, 0.15) is 0 Å². The summed E-state index contributed by atoms with van der Waals surface area (Å²) in [4.78, 5) is 12.5. The highest BCUT2D eigenvalue weighted by Gasteiger charge is 2.32. The molecule has 5 heteroatoms. The smallest absolute Gasteiger partial charge is 0.230 e. The predicted molar refractivity (Wildman–Crippen MR) is 86.8 cm³/mol. The number of carbonyl (C=O) groups excluding carboxylic acids is 1. The van der Waals surface area contributed by atoms with Crippen molar-refractivity contribution in [3.8, 4) is 0 Å². The molecule has 0 spiro atoms. The summed E-state index contributed by atoms with van der Waals surface area (Å²) in [6.07, 6.45) is -0.364. The molecule has 0 aliphatic carbocycles. The van der Waals surface area contributed by atoms with Crippen LogP contribution in [0.1, 0.15) is 25.0 Å². The third-order valence-electron chi connectivity index (χ3n) is 4.22. The first kappa shape index (κ1) is 18.0. The summed E-state index contributed by atoms with van der Waals surface area (Å²) < 4.78 is 0. The lowest BCUT2D eigenvalue weighted by Crippen LogP contribution is -2.44. The molecule has 118 valence electrons. The Bertz CT molecular complexity index is 491. The third kappa shape index (κ3) is 3.96. The normalized spacial score (nSPS) is 21.7. The second kappa shape index (κ2) is 7.25. The fraction of sp³-hybridized carbons (Fsp3) is 0.562. The van der Waals surface area contributed by atoms with E-state index in [4.69, 9.17) is 0 Å². The molecule has 1 saturated heterocycles. The Balaban J connectivity index is 0.00000220. The minimum Gasteiger partial charge on any atom is -0.391 e. The van der Waals surface area contributed by atoms with Gasteiger partial charge in [0.25, 0.3) is 0 Å². The Kier molecular flexibility index (Phi) is 6.20. The van der Waals surface area contributed by atoms with Crippen molar-refractivity contribution in [3.05, 3.63) is 35.4 Å². The molecule has 0 saturated carbocycles. The number of β-amino-alcohol motifs (C(OH)–C–C–N with tert-alkyl or cyclic N) is 1. The van der Waals surface area contributed by atoms with Gasteiger partial charge < -0.3 is 15.7 Å². The van der Waals surface area contributed by atoms with Gasteiger partial charge in [-0.05, 0) is 31.9 Å². The van der Waals surface area contributed by atoms with E-state index in [2.05, 4.69) is 10.6 Å². The van der Waals surface area contributed by atoms with Crippen LogP contribution in [0.3, 0.4) is 0 Å². The molecule has 0 aromatic heterocycles. The second-order valence-corrected chi connectivity index (χ2v) is 6.14. The first-order valence-corrected chi connectivity index (χ1v) is 7.16. The summed E-state index contributed by atoms with van der Waals surface area (Å²) in [5.74, 6) is 0.109. The van der Waals surface area contributed by atoms with E-state index in [0.717, 1.165) is 17.7 Å². The topological polar surface area (TPSA) is 61.4 Å². The number of benzene rings is 1. The Morgan fingerprint density at radius 2 is 2.05 bits per heavy atom. The molecule has 3 N–H and O–H groups in total. The van der Waals surface area contributed by atoms with Crippen molar-refractivity contribution >= 4 is 18.3 Å². The predicted octanol–water partition coefficient (Wildman–Crippen LogP) is 1.39. The first-order chi connectivity index (χ1) is 9.43. The molecule has 2 atom stereocenters. The number of carbonyl (C=O) groups is 1. The Labute approximate surface area is 132 Å². The van der Waals surface area contributed by atoms with Crippen LogP contribution in [0, 0.1) is 12.8 Å². The van der Waals surface area contributed by atoms with Crippen molar-refractivity contribution < 1.29 is 9.90 Å². The highest BCUT2D eigenvalue weighted by Crippen LogP contribution is 2.26. The molecule has 1 fully saturated rings. The summed E-state index contributed by atoms with van der Waals surface area (Å²) in [5, 5.41) is 15.9. The van der Waals surface area contributed by atoms with E-state index < -0.39 is 5.41 Å². The van der Waals surface area contributed by atoms with Crippen molar-refractivity contribution in [2.24, 2.45) is 5.92 Å². The molecule has 1 aliphatic rings. The van der Waals surface area contributed by atoms with E-state index in [-0.39, 0.29) is 30.3 Å². The number of rotatable bonds is 4. The fourth-order valence-electron chi connectivity index (χ4n) is 2.77. The SMILES string of the molecule is Cc1ccccc1C(C)(C)C(=O)NCC1CNCC1O.Cl. The highest BCUT2D eigenvalue weighted by molar-refractivity contribution is 5.87. The van der Waals surface area contributed by atoms with Gasteiger partial charge in [0.05, 0.1) is 11.5 Å². The molecule has 1 aromatic rings. The minimum atomic E-state index is -0.567. The molecule has 1 aliphatic heterocycles. The highest BCUT2D eigenvalue weighted by atomic mass is 35.5. The van der Waals surface area contributed by atoms with Gasteiger partial charge in [-0.1, -0.05) is 24.3 Å². The zero-order chi connectivity index (χ0) is 14.8. The van der Waals surface area contributed by atoms with Crippen LogP contribution in [0.25, 0.3) is 0 Å². The molecule has 21 heavy (non-hydrogen) atoms. The Morgan fingerprint density at radius 1 is 1.38 bits per heavy atom. The van der Waals surface area contributed by atoms with Crippen molar-refractivity contribution in [1.82, 2.24) is 10.6 Å². The standard InChI is InChI=1S/C16H24N2O2.ClH/c1-11-6-4-5-7-13(11)16(2,3)15(20)18-9-12-8-17-10-14(12)19;/h4-7,12,14,17,19H,8-10H2,1-3H3,(H,18,20);1H. The van der Waals surface area contributed by atoms with E-state index in [1.54, 1.807) is 0 Å². The van der Waals surface area contributed by atoms with E-state index in [1.807, 2.05) is 45.0 Å². The molecular formula is C16H25ClN2O2. The molecule has 0 bridgehead atoms. The fourth-order valence-corrected chi connectivity index (χ4v) is 2.77. The van der Waals surface area contributed by atoms with Gasteiger partial charge in [-0.3, -0.25) is 4.79 Å². The summed E-state index contributed by atoms with van der Waals surface area (Å²) in [5.41, 5.74) is 1.60. The van der Waals surface area contributed by atoms with E-state index in [0.29, 0.717) is 13.1 Å². The van der Waals surface area contributed by atoms with Crippen LogP contribution in [-0.2, 0) is 10.2 Å². The summed E-state index contributed by atoms with van der Waals surface area (Å²) in [6.45, 7) is 7.78. The van der Waals surface area contributed by atoms with Crippen molar-refractivity contribution in [2.45, 2.75) is 32.3 Å². The van der Waals surface area contributed by atoms with Crippen LogP contribution < -0.4 is 10.6 Å². The molecule has 0 radical (unpaired) electrons. The number of aliphatic hydroxyl groups is 1. The molecule has 1 amide bonds. The quantitative estimate of drug-likeness (QED) is 0.787. The summed E-state index contributed by atoms with van der Waals surface area (Å²) in [6, 6.07) is 7.96. The van der Waals surface area contributed by atoms with Crippen LogP contribution >= 0.6 is 12.4 Å². The van der Waals surface area contributed by atoms with Gasteiger partial charge in [-0.2, -0.15) is 0 Å². The lowest BCUT2D eigenvalue weighted by atomic mass is 9.81. The largest absolute Gasteiger partial charge is 0.391 e. The minimum absolute atomic E-state index is 0. The number of aryl methyl sites for hydroxylation is 1. The van der Waals surface area contributed by atoms with Crippen LogP contribution in [0.15, 0.2) is 24.3 Å². The Morgan fingerprint density at radius 3 is 2.62 bits per heavy atom. The second-order valence-electron chi connectivity index (χ2n) is 6.14. The summed E-state index contributed by atoms with van der Waals surface area (Å²) >= 11 is 0. The lowest BCUT2D eigenvalue weighted by Gasteiger charge is -2.27. The third-order valence-corrected chi connectivity index (χ3v) is 4.22. The zero-order valence-corrected chi connectivity index (χ0v) is 13.7. The molecule has 2 unspecified atom stereocenters. The maximum absolute atomic E-state index is 12.5. The maximum Gasteiger partial charge on any atom is 0.230 e. The molecule has 4 nitrogen and oxygen atoms in total. The lowest BCUT2D eigenvalue weighted by molar-refractivity contribution is -0.125.